The van der Waals surface area contributed by atoms with Gasteiger partial charge in [-0.25, -0.2) is 17.6 Å². The highest BCUT2D eigenvalue weighted by atomic mass is 19.1. The summed E-state index contributed by atoms with van der Waals surface area (Å²) in [5.74, 6) is 0.665. The minimum atomic E-state index is -0.521. The van der Waals surface area contributed by atoms with Gasteiger partial charge in [-0.2, -0.15) is 5.26 Å². The van der Waals surface area contributed by atoms with E-state index in [-0.39, 0.29) is 34.3 Å². The van der Waals surface area contributed by atoms with Gasteiger partial charge in [0.2, 0.25) is 0 Å². The van der Waals surface area contributed by atoms with Gasteiger partial charge in [0.15, 0.2) is 11.6 Å². The highest BCUT2D eigenvalue weighted by Gasteiger charge is 2.33. The van der Waals surface area contributed by atoms with E-state index in [9.17, 15) is 36.7 Å². The molecule has 4 heterocycles. The number of aromatic nitrogens is 1. The summed E-state index contributed by atoms with van der Waals surface area (Å²) < 4.78 is 83.0. The van der Waals surface area contributed by atoms with Crippen LogP contribution in [0.25, 0.3) is 10.8 Å². The van der Waals surface area contributed by atoms with Crippen LogP contribution in [0.2, 0.25) is 0 Å². The van der Waals surface area contributed by atoms with E-state index < -0.39 is 23.4 Å². The fraction of sp³-hybridized carbons (Fsp3) is 0.291. The zero-order chi connectivity index (χ0) is 76.6. The molecule has 0 spiro atoms. The number of pyridine rings is 1. The molecule has 0 atom stereocenters. The molecule has 9 aromatic carbocycles. The predicted octanol–water partition coefficient (Wildman–Crippen LogP) is 18.3. The number of benzene rings is 9. The molecule has 0 radical (unpaired) electrons. The number of aryl methyl sites for hydroxylation is 11. The molecule has 0 bridgehead atoms. The lowest BCUT2D eigenvalue weighted by molar-refractivity contribution is 0.0255. The van der Waals surface area contributed by atoms with Gasteiger partial charge in [0.1, 0.15) is 40.8 Å². The first-order valence-corrected chi connectivity index (χ1v) is 33.9. The van der Waals surface area contributed by atoms with Crippen LogP contribution in [0.15, 0.2) is 193 Å². The van der Waals surface area contributed by atoms with E-state index in [1.807, 2.05) is 170 Å². The number of nitriles is 1. The number of fused-ring (bicyclic) bond motifs is 3. The van der Waals surface area contributed by atoms with Crippen molar-refractivity contribution in [3.05, 3.63) is 305 Å². The number of halogens is 4. The molecule has 13 rings (SSSR count). The van der Waals surface area contributed by atoms with Gasteiger partial charge in [-0.3, -0.25) is 24.1 Å². The van der Waals surface area contributed by atoms with Gasteiger partial charge in [0, 0.05) is 83.9 Å². The molecule has 3 amide bonds. The van der Waals surface area contributed by atoms with E-state index in [2.05, 4.69) is 32.0 Å². The molecule has 3 aliphatic rings. The van der Waals surface area contributed by atoms with E-state index in [0.29, 0.717) is 23.0 Å². The summed E-state index contributed by atoms with van der Waals surface area (Å²) in [6.07, 6.45) is 5.16. The molecule has 1 aromatic heterocycles. The van der Waals surface area contributed by atoms with Crippen molar-refractivity contribution in [1.29, 1.82) is 5.26 Å². The third kappa shape index (κ3) is 27.5. The molecule has 14 nitrogen and oxygen atoms in total. The van der Waals surface area contributed by atoms with Crippen molar-refractivity contribution in [3.8, 4) is 29.1 Å². The van der Waals surface area contributed by atoms with E-state index in [1.54, 1.807) is 62.8 Å². The molecular weight excluding hydrogens is 1320 g/mol. The quantitative estimate of drug-likeness (QED) is 0.0769. The second kappa shape index (κ2) is 42.5. The SMILES string of the molecule is COCCCOc1ccc(C)cc1.COc1cc(C)ccc1F.COc1cccc(C)c1.Cc1cc(F)cc(F)c1.Cc1cc2c(cc1F)C(=O)N(C)C2=O.Cc1ccc(OC2CCOCC2)cc1.Cc1ccc2c(C)cn(C)c(=O)c2c1.Cc1ccc2c(c1)C(=O)N(C)C2.Cc1cccc(C#N)c1. The Morgan fingerprint density at radius 3 is 1.58 bits per heavy atom. The maximum atomic E-state index is 13.1. The summed E-state index contributed by atoms with van der Waals surface area (Å²) in [7, 11) is 9.84. The molecule has 3 aliphatic heterocycles. The summed E-state index contributed by atoms with van der Waals surface area (Å²) in [4.78, 5) is 48.9. The molecule has 1 fully saturated rings. The van der Waals surface area contributed by atoms with Gasteiger partial charge in [-0.1, -0.05) is 101 Å². The number of hydrogen-bond donors (Lipinski definition) is 0. The number of carbonyl (C=O) groups excluding carboxylic acids is 3. The highest BCUT2D eigenvalue weighted by molar-refractivity contribution is 6.21. The van der Waals surface area contributed by atoms with Crippen LogP contribution in [0.4, 0.5) is 17.6 Å². The largest absolute Gasteiger partial charge is 0.497 e. The Morgan fingerprint density at radius 1 is 0.481 bits per heavy atom. The van der Waals surface area contributed by atoms with Crippen LogP contribution >= 0.6 is 0 Å². The molecule has 0 saturated carbocycles. The standard InChI is InChI=1S/C12H13NO.C12H16O2.C11H16O2.C10H8FNO2.C10H11NO.C8H9FO.C8H7N.C8H10O.C7H6F2/c1-8-4-5-10-9(2)7-13(3)12(14)11(10)6-8;1-10-2-4-11(5-3-10)14-12-6-8-13-9-7-12;1-10-4-6-11(7-5-10)13-9-3-8-12-2;1-5-3-6-7(4-8(5)11)10(14)12(2)9(6)13;1-7-3-4-8-6-11(2)10(12)9(8)5-7;1-6-3-4-7(9)8(5-6)10-2;1-7-3-2-4-8(5-7)6-9;1-7-4-3-5-8(6-7)9-2;1-5-2-6(8)4-7(9)3-5/h4-7H,1-3H3;2-5,12H,6-9H2,1H3;4-7H,3,8-9H2,1-2H3;3-4H,1-2H3;3-5H,6H2,1-2H3;3-5H,1-2H3;2-5H,1H3;3-6H,1-2H3;2-4H,1H3. The predicted molar refractivity (Wildman–Crippen MR) is 404 cm³/mol. The molecule has 548 valence electrons. The second-order valence-electron chi connectivity index (χ2n) is 25.3. The number of amides is 3. The number of hydrogen-bond acceptors (Lipinski definition) is 11. The summed E-state index contributed by atoms with van der Waals surface area (Å²) in [5, 5.41) is 10.3. The Balaban J connectivity index is 0.000000211. The van der Waals surface area contributed by atoms with Gasteiger partial charge >= 0.3 is 0 Å². The van der Waals surface area contributed by atoms with Crippen LogP contribution in [0.1, 0.15) is 117 Å². The van der Waals surface area contributed by atoms with E-state index in [1.165, 1.54) is 55.1 Å². The zero-order valence-electron chi connectivity index (χ0n) is 62.5. The fourth-order valence-corrected chi connectivity index (χ4v) is 10.4. The smallest absolute Gasteiger partial charge is 0.261 e. The Bertz CT molecular complexity index is 4460. The van der Waals surface area contributed by atoms with E-state index in [0.717, 1.165) is 142 Å². The molecule has 104 heavy (non-hydrogen) atoms. The van der Waals surface area contributed by atoms with Gasteiger partial charge in [0.25, 0.3) is 23.3 Å². The Hall–Kier alpha value is -10.9. The third-order valence-corrected chi connectivity index (χ3v) is 16.1. The van der Waals surface area contributed by atoms with Crippen molar-refractivity contribution in [1.82, 2.24) is 14.4 Å². The molecule has 0 unspecified atom stereocenters. The average Bonchev–Trinajstić information content (AvgIpc) is 1.55. The normalized spacial score (nSPS) is 12.2. The number of nitrogens with zero attached hydrogens (tertiary/aromatic N) is 4. The molecule has 18 heteroatoms. The number of ether oxygens (including phenoxy) is 6. The molecule has 0 N–H and O–H groups in total. The van der Waals surface area contributed by atoms with Gasteiger partial charge in [0.05, 0.1) is 56.8 Å². The van der Waals surface area contributed by atoms with Crippen molar-refractivity contribution in [3.63, 3.8) is 0 Å². The first-order valence-electron chi connectivity index (χ1n) is 33.9. The Kier molecular flexibility index (Phi) is 34.3. The average molecular weight is 1420 g/mol. The Labute approximate surface area is 610 Å². The number of methoxy groups -OCH3 is 3. The minimum absolute atomic E-state index is 0.0781. The van der Waals surface area contributed by atoms with Gasteiger partial charge in [-0.15, -0.1) is 0 Å². The molecule has 10 aromatic rings. The van der Waals surface area contributed by atoms with Crippen LogP contribution in [-0.4, -0.2) is 100 Å². The van der Waals surface area contributed by atoms with E-state index in [4.69, 9.17) is 33.7 Å². The molecular formula is C86H96F4N4O10. The van der Waals surface area contributed by atoms with Crippen molar-refractivity contribution in [2.24, 2.45) is 7.05 Å². The maximum Gasteiger partial charge on any atom is 0.261 e. The third-order valence-electron chi connectivity index (χ3n) is 16.1. The zero-order valence-corrected chi connectivity index (χ0v) is 62.5. The van der Waals surface area contributed by atoms with E-state index >= 15 is 0 Å². The molecule has 1 saturated heterocycles. The minimum Gasteiger partial charge on any atom is -0.497 e. The van der Waals surface area contributed by atoms with Crippen molar-refractivity contribution in [2.75, 3.05) is 61.9 Å². The number of imide groups is 1. The topological polar surface area (TPSA) is 159 Å². The second-order valence-corrected chi connectivity index (χ2v) is 25.3. The summed E-state index contributed by atoms with van der Waals surface area (Å²) in [6, 6.07) is 56.6. The first kappa shape index (κ1) is 83.8. The lowest BCUT2D eigenvalue weighted by Gasteiger charge is -2.23. The van der Waals surface area contributed by atoms with Crippen LogP contribution < -0.4 is 24.5 Å². The number of carbonyl (C=O) groups is 3. The highest BCUT2D eigenvalue weighted by Crippen LogP contribution is 2.26. The van der Waals surface area contributed by atoms with Crippen molar-refractivity contribution < 1.29 is 60.4 Å². The monoisotopic (exact) mass is 1420 g/mol. The lowest BCUT2D eigenvalue weighted by atomic mass is 10.1. The fourth-order valence-electron chi connectivity index (χ4n) is 10.4. The van der Waals surface area contributed by atoms with Gasteiger partial charge in [-0.05, 0) is 211 Å². The number of rotatable bonds is 9. The van der Waals surface area contributed by atoms with Crippen LogP contribution in [-0.2, 0) is 23.1 Å². The van der Waals surface area contributed by atoms with Crippen LogP contribution in [0.5, 0.6) is 23.0 Å². The summed E-state index contributed by atoms with van der Waals surface area (Å²) in [5.41, 5.74) is 13.6. The first-order chi connectivity index (χ1) is 49.5. The van der Waals surface area contributed by atoms with Crippen LogP contribution in [0.3, 0.4) is 0 Å². The van der Waals surface area contributed by atoms with Crippen molar-refractivity contribution >= 4 is 28.5 Å². The maximum absolute atomic E-state index is 13.1. The van der Waals surface area contributed by atoms with Crippen LogP contribution in [0, 0.1) is 104 Å². The van der Waals surface area contributed by atoms with Crippen molar-refractivity contribution in [2.45, 2.75) is 101 Å². The molecule has 0 aliphatic carbocycles. The van der Waals surface area contributed by atoms with Gasteiger partial charge < -0.3 is 37.9 Å². The lowest BCUT2D eigenvalue weighted by Crippen LogP contribution is -2.25. The summed E-state index contributed by atoms with van der Waals surface area (Å²) in [6.45, 7) is 23.2. The summed E-state index contributed by atoms with van der Waals surface area (Å²) >= 11 is 0. The Morgan fingerprint density at radius 2 is 1.03 bits per heavy atom.